The first-order valence-electron chi connectivity index (χ1n) is 9.97. The van der Waals surface area contributed by atoms with E-state index in [9.17, 15) is 4.79 Å². The van der Waals surface area contributed by atoms with Crippen molar-refractivity contribution < 1.29 is 18.6 Å². The summed E-state index contributed by atoms with van der Waals surface area (Å²) in [5.74, 6) is 1.87. The molecule has 0 atom stereocenters. The molecule has 7 heteroatoms. The molecule has 0 unspecified atom stereocenters. The number of hydrogen-bond donors (Lipinski definition) is 0. The number of benzene rings is 3. The van der Waals surface area contributed by atoms with Crippen molar-refractivity contribution in [2.24, 2.45) is 0 Å². The Bertz CT molecular complexity index is 1380. The summed E-state index contributed by atoms with van der Waals surface area (Å²) in [6.07, 6.45) is 0. The number of hydrogen-bond acceptors (Lipinski definition) is 5. The molecule has 0 saturated heterocycles. The van der Waals surface area contributed by atoms with Gasteiger partial charge in [0.15, 0.2) is 6.79 Å². The molecule has 0 saturated carbocycles. The molecule has 0 spiro atoms. The molecule has 0 radical (unpaired) electrons. The van der Waals surface area contributed by atoms with E-state index in [1.165, 1.54) is 0 Å². The van der Waals surface area contributed by atoms with Crippen LogP contribution in [0.5, 0.6) is 11.5 Å². The van der Waals surface area contributed by atoms with Gasteiger partial charge < -0.3 is 18.6 Å². The van der Waals surface area contributed by atoms with Crippen LogP contribution in [0.3, 0.4) is 0 Å². The van der Waals surface area contributed by atoms with Gasteiger partial charge >= 0.3 is 0 Å². The Kier molecular flexibility index (Phi) is 5.67. The molecule has 0 N–H and O–H groups in total. The summed E-state index contributed by atoms with van der Waals surface area (Å²) < 4.78 is 23.9. The SMILES string of the molecule is Cc1oc2cc(OCc3cc(Cl)cc4c3OCOC4)ccc2c(=O)c1-c1ccc(Br)cc1. The van der Waals surface area contributed by atoms with Crippen molar-refractivity contribution in [3.8, 4) is 22.6 Å². The fourth-order valence-electron chi connectivity index (χ4n) is 3.85. The van der Waals surface area contributed by atoms with Gasteiger partial charge in [-0.3, -0.25) is 4.79 Å². The predicted octanol–water partition coefficient (Wildman–Crippen LogP) is 6.63. The topological polar surface area (TPSA) is 57.9 Å². The van der Waals surface area contributed by atoms with Gasteiger partial charge in [0.1, 0.15) is 29.4 Å². The Hall–Kier alpha value is -2.80. The van der Waals surface area contributed by atoms with Crippen molar-refractivity contribution in [2.45, 2.75) is 20.1 Å². The maximum atomic E-state index is 13.2. The van der Waals surface area contributed by atoms with E-state index >= 15 is 0 Å². The number of ether oxygens (including phenoxy) is 3. The lowest BCUT2D eigenvalue weighted by molar-refractivity contribution is -0.0175. The minimum atomic E-state index is -0.0741. The van der Waals surface area contributed by atoms with Gasteiger partial charge in [-0.05, 0) is 48.9 Å². The second-order valence-corrected chi connectivity index (χ2v) is 8.83. The Morgan fingerprint density at radius 3 is 2.72 bits per heavy atom. The molecule has 1 aromatic heterocycles. The normalized spacial score (nSPS) is 13.0. The van der Waals surface area contributed by atoms with E-state index in [1.54, 1.807) is 25.1 Å². The average molecular weight is 514 g/mol. The monoisotopic (exact) mass is 512 g/mol. The third kappa shape index (κ3) is 4.01. The van der Waals surface area contributed by atoms with E-state index in [0.29, 0.717) is 39.7 Å². The van der Waals surface area contributed by atoms with Crippen LogP contribution in [-0.2, 0) is 18.0 Å². The Morgan fingerprint density at radius 1 is 1.09 bits per heavy atom. The highest BCUT2D eigenvalue weighted by atomic mass is 79.9. The second kappa shape index (κ2) is 8.62. The van der Waals surface area contributed by atoms with Crippen LogP contribution in [0.4, 0.5) is 0 Å². The standard InChI is InChI=1S/C25H18BrClO5/c1-14-23(15-2-4-18(26)5-3-15)24(28)21-7-6-20(10-22(21)32-14)30-12-17-9-19(27)8-16-11-29-13-31-25(16)17/h2-10H,11-13H2,1H3. The smallest absolute Gasteiger partial charge is 0.200 e. The zero-order valence-electron chi connectivity index (χ0n) is 17.1. The van der Waals surface area contributed by atoms with Crippen molar-refractivity contribution in [3.63, 3.8) is 0 Å². The lowest BCUT2D eigenvalue weighted by Crippen LogP contribution is -2.14. The van der Waals surface area contributed by atoms with E-state index in [2.05, 4.69) is 15.9 Å². The van der Waals surface area contributed by atoms with Gasteiger partial charge in [0.2, 0.25) is 5.43 Å². The molecule has 5 nitrogen and oxygen atoms in total. The molecule has 3 aromatic carbocycles. The Balaban J connectivity index is 1.46. The highest BCUT2D eigenvalue weighted by molar-refractivity contribution is 9.10. The van der Waals surface area contributed by atoms with Crippen LogP contribution in [0, 0.1) is 6.92 Å². The highest BCUT2D eigenvalue weighted by Crippen LogP contribution is 2.33. The van der Waals surface area contributed by atoms with E-state index in [-0.39, 0.29) is 18.8 Å². The van der Waals surface area contributed by atoms with Crippen LogP contribution in [-0.4, -0.2) is 6.79 Å². The molecule has 5 rings (SSSR count). The number of fused-ring (bicyclic) bond motifs is 2. The summed E-state index contributed by atoms with van der Waals surface area (Å²) in [5.41, 5.74) is 3.50. The van der Waals surface area contributed by atoms with Crippen LogP contribution < -0.4 is 14.9 Å². The van der Waals surface area contributed by atoms with E-state index in [1.807, 2.05) is 36.4 Å². The zero-order valence-corrected chi connectivity index (χ0v) is 19.5. The maximum Gasteiger partial charge on any atom is 0.200 e. The Morgan fingerprint density at radius 2 is 1.91 bits per heavy atom. The quantitative estimate of drug-likeness (QED) is 0.306. The van der Waals surface area contributed by atoms with Gasteiger partial charge in [0.05, 0.1) is 17.6 Å². The van der Waals surface area contributed by atoms with Crippen LogP contribution in [0.25, 0.3) is 22.1 Å². The minimum absolute atomic E-state index is 0.0741. The van der Waals surface area contributed by atoms with Crippen LogP contribution in [0.2, 0.25) is 5.02 Å². The lowest BCUT2D eigenvalue weighted by Gasteiger charge is -2.21. The lowest BCUT2D eigenvalue weighted by atomic mass is 10.0. The molecular formula is C25H18BrClO5. The van der Waals surface area contributed by atoms with Gasteiger partial charge in [-0.25, -0.2) is 0 Å². The minimum Gasteiger partial charge on any atom is -0.489 e. The fourth-order valence-corrected chi connectivity index (χ4v) is 4.38. The third-order valence-corrected chi connectivity index (χ3v) is 6.07. The number of halogens is 2. The summed E-state index contributed by atoms with van der Waals surface area (Å²) in [6, 6.07) is 16.5. The van der Waals surface area contributed by atoms with Crippen LogP contribution >= 0.6 is 27.5 Å². The predicted molar refractivity (Wildman–Crippen MR) is 126 cm³/mol. The number of rotatable bonds is 4. The van der Waals surface area contributed by atoms with Crippen LogP contribution in [0.15, 0.2) is 68.3 Å². The summed E-state index contributed by atoms with van der Waals surface area (Å²) in [4.78, 5) is 13.2. The van der Waals surface area contributed by atoms with Crippen molar-refractivity contribution in [2.75, 3.05) is 6.79 Å². The van der Waals surface area contributed by atoms with Crippen LogP contribution in [0.1, 0.15) is 16.9 Å². The van der Waals surface area contributed by atoms with Crippen molar-refractivity contribution in [3.05, 3.63) is 91.2 Å². The summed E-state index contributed by atoms with van der Waals surface area (Å²) >= 11 is 9.65. The molecule has 0 amide bonds. The second-order valence-electron chi connectivity index (χ2n) is 7.48. The Labute approximate surface area is 197 Å². The van der Waals surface area contributed by atoms with Gasteiger partial charge in [-0.2, -0.15) is 0 Å². The molecular weight excluding hydrogens is 496 g/mol. The van der Waals surface area contributed by atoms with Gasteiger partial charge in [-0.1, -0.05) is 39.7 Å². The third-order valence-electron chi connectivity index (χ3n) is 5.32. The highest BCUT2D eigenvalue weighted by Gasteiger charge is 2.18. The number of aryl methyl sites for hydroxylation is 1. The van der Waals surface area contributed by atoms with Crippen molar-refractivity contribution >= 4 is 38.5 Å². The largest absolute Gasteiger partial charge is 0.489 e. The molecule has 4 aromatic rings. The molecule has 32 heavy (non-hydrogen) atoms. The molecule has 0 fully saturated rings. The maximum absolute atomic E-state index is 13.2. The van der Waals surface area contributed by atoms with Gasteiger partial charge in [-0.15, -0.1) is 0 Å². The first-order valence-corrected chi connectivity index (χ1v) is 11.1. The summed E-state index contributed by atoms with van der Waals surface area (Å²) in [6.45, 7) is 2.70. The van der Waals surface area contributed by atoms with Gasteiger partial charge in [0.25, 0.3) is 0 Å². The summed E-state index contributed by atoms with van der Waals surface area (Å²) in [5, 5.41) is 1.10. The van der Waals surface area contributed by atoms with Crippen molar-refractivity contribution in [1.82, 2.24) is 0 Å². The summed E-state index contributed by atoms with van der Waals surface area (Å²) in [7, 11) is 0. The zero-order chi connectivity index (χ0) is 22.2. The van der Waals surface area contributed by atoms with E-state index in [4.69, 9.17) is 30.2 Å². The fraction of sp³-hybridized carbons (Fsp3) is 0.160. The molecule has 2 heterocycles. The average Bonchev–Trinajstić information content (AvgIpc) is 2.78. The first kappa shape index (κ1) is 21.1. The molecule has 162 valence electrons. The van der Waals surface area contributed by atoms with E-state index in [0.717, 1.165) is 26.9 Å². The molecule has 0 aliphatic carbocycles. The first-order chi connectivity index (χ1) is 15.5. The van der Waals surface area contributed by atoms with E-state index < -0.39 is 0 Å². The molecule has 0 bridgehead atoms. The molecule has 1 aliphatic rings. The molecule has 1 aliphatic heterocycles. The van der Waals surface area contributed by atoms with Crippen molar-refractivity contribution in [1.29, 1.82) is 0 Å². The van der Waals surface area contributed by atoms with Gasteiger partial charge in [0, 0.05) is 26.7 Å².